The number of hydrogen-bond acceptors (Lipinski definition) is 2. The smallest absolute Gasteiger partial charge is 0.268 e. The normalized spacial score (nSPS) is 13.1. The molecule has 5 nitrogen and oxygen atoms in total. The summed E-state index contributed by atoms with van der Waals surface area (Å²) in [4.78, 5) is 4.87. The van der Waals surface area contributed by atoms with E-state index in [-0.39, 0.29) is 55.0 Å². The molecule has 0 aliphatic heterocycles. The third kappa shape index (κ3) is 9.12. The zero-order valence-corrected chi connectivity index (χ0v) is 44.3. The first kappa shape index (κ1) is 42.4. The molecule has 0 N–H and O–H groups in total. The predicted molar refractivity (Wildman–Crippen MR) is 292 cm³/mol. The first-order valence-corrected chi connectivity index (χ1v) is 24.2. The number of para-hydroxylation sites is 2. The van der Waals surface area contributed by atoms with Crippen LogP contribution in [-0.2, 0) is 37.3 Å². The molecule has 11 aromatic rings. The van der Waals surface area contributed by atoms with Gasteiger partial charge in [0.2, 0.25) is 0 Å². The molecule has 6 heteroatoms. The summed E-state index contributed by atoms with van der Waals surface area (Å²) in [5, 5.41) is 2.11. The summed E-state index contributed by atoms with van der Waals surface area (Å²) in [5.41, 5.74) is 12.2. The van der Waals surface area contributed by atoms with Crippen LogP contribution in [0.2, 0.25) is 0 Å². The Morgan fingerprint density at radius 3 is 1.94 bits per heavy atom. The quantitative estimate of drug-likeness (QED) is 0.112. The van der Waals surface area contributed by atoms with Crippen molar-refractivity contribution >= 4 is 32.8 Å². The van der Waals surface area contributed by atoms with Crippen LogP contribution in [0.1, 0.15) is 85.9 Å². The largest absolute Gasteiger partial charge is 0.510 e. The fourth-order valence-electron chi connectivity index (χ4n) is 9.48. The van der Waals surface area contributed by atoms with Crippen LogP contribution in [0.4, 0.5) is 0 Å². The van der Waals surface area contributed by atoms with Crippen LogP contribution >= 0.6 is 0 Å². The molecule has 0 atom stereocenters. The molecule has 11 rings (SSSR count). The van der Waals surface area contributed by atoms with Gasteiger partial charge in [-0.2, -0.15) is 18.2 Å². The van der Waals surface area contributed by atoms with Crippen molar-refractivity contribution in [3.63, 3.8) is 0 Å². The van der Waals surface area contributed by atoms with Gasteiger partial charge < -0.3 is 13.9 Å². The number of pyridine rings is 1. The fourth-order valence-corrected chi connectivity index (χ4v) is 9.48. The van der Waals surface area contributed by atoms with E-state index in [2.05, 4.69) is 176 Å². The zero-order valence-electron chi connectivity index (χ0n) is 47.0. The van der Waals surface area contributed by atoms with Crippen LogP contribution in [-0.4, -0.2) is 14.1 Å². The van der Waals surface area contributed by atoms with Crippen molar-refractivity contribution in [1.82, 2.24) is 14.1 Å². The number of nitrogens with zero attached hydrogens (tertiary/aromatic N) is 4. The van der Waals surface area contributed by atoms with E-state index < -0.39 is 18.1 Å². The number of imidazole rings is 1. The number of ether oxygens (including phenoxy) is 1. The summed E-state index contributed by atoms with van der Waals surface area (Å²) in [6.45, 7) is 19.8. The number of aromatic nitrogens is 4. The molecule has 360 valence electrons. The van der Waals surface area contributed by atoms with Crippen molar-refractivity contribution in [3.05, 3.63) is 223 Å². The monoisotopic (exact) mass is 1120 g/mol. The molecule has 0 spiro atoms. The molecule has 0 bridgehead atoms. The Morgan fingerprint density at radius 2 is 1.19 bits per heavy atom. The minimum atomic E-state index is -0.450. The van der Waals surface area contributed by atoms with E-state index >= 15 is 0 Å². The summed E-state index contributed by atoms with van der Waals surface area (Å²) >= 11 is 0. The molecule has 72 heavy (non-hydrogen) atoms. The molecule has 3 aromatic heterocycles. The summed E-state index contributed by atoms with van der Waals surface area (Å²) in [7, 11) is 0. The Labute approximate surface area is 445 Å². The predicted octanol–water partition coefficient (Wildman–Crippen LogP) is 16.5. The van der Waals surface area contributed by atoms with Crippen LogP contribution in [0.15, 0.2) is 188 Å². The SMILES string of the molecule is [2H]c1c([2H])c([2H])c(-c2cccc(-c3cccc(C(C)(C)C)c3)c2-[n+]2[c-]n(-c3[c-]c(Oc4[c-]c5c(cc4)c4ccccc4n5-c4cc(C(C)(C)C)ccn4)ccc3)c3cc(-c4ccc(C(C)(C)C)cc4)ccc32)c([2H])c1[2H].[Pt]. The maximum Gasteiger partial charge on any atom is 0.268 e. The first-order valence-electron chi connectivity index (χ1n) is 26.7. The molecule has 0 aliphatic carbocycles. The molecule has 3 heterocycles. The van der Waals surface area contributed by atoms with Crippen LogP contribution in [0.3, 0.4) is 0 Å². The molecule has 0 saturated heterocycles. The van der Waals surface area contributed by atoms with Crippen molar-refractivity contribution in [2.24, 2.45) is 0 Å². The molecule has 0 amide bonds. The summed E-state index contributed by atoms with van der Waals surface area (Å²) in [6, 6.07) is 56.8. The van der Waals surface area contributed by atoms with Crippen molar-refractivity contribution in [3.8, 4) is 62.1 Å². The van der Waals surface area contributed by atoms with Crippen LogP contribution < -0.4 is 9.30 Å². The number of hydrogen-bond donors (Lipinski definition) is 0. The Hall–Kier alpha value is -7.33. The fraction of sp³-hybridized carbons (Fsp3) is 0.182. The summed E-state index contributed by atoms with van der Waals surface area (Å²) in [6.07, 6.45) is 5.59. The van der Waals surface area contributed by atoms with E-state index in [1.807, 2.05) is 76.0 Å². The van der Waals surface area contributed by atoms with E-state index in [9.17, 15) is 2.74 Å². The molecule has 0 saturated carbocycles. The Morgan fingerprint density at radius 1 is 0.528 bits per heavy atom. The number of benzene rings is 8. The Balaban J connectivity index is 0.00000672. The minimum absolute atomic E-state index is 0. The minimum Gasteiger partial charge on any atom is -0.510 e. The average molecular weight is 1120 g/mol. The van der Waals surface area contributed by atoms with Crippen LogP contribution in [0.25, 0.3) is 83.4 Å². The third-order valence-electron chi connectivity index (χ3n) is 13.4. The van der Waals surface area contributed by atoms with E-state index in [4.69, 9.17) is 13.8 Å². The topological polar surface area (TPSA) is 35.9 Å². The van der Waals surface area contributed by atoms with Gasteiger partial charge in [0.25, 0.3) is 6.33 Å². The maximum absolute atomic E-state index is 9.25. The molecular formula is C66H58N4OPt-2. The second-order valence-corrected chi connectivity index (χ2v) is 21.4. The van der Waals surface area contributed by atoms with Crippen LogP contribution in [0.5, 0.6) is 11.5 Å². The number of rotatable bonds is 8. The van der Waals surface area contributed by atoms with Gasteiger partial charge >= 0.3 is 0 Å². The van der Waals surface area contributed by atoms with Crippen LogP contribution in [0, 0.1) is 18.5 Å². The van der Waals surface area contributed by atoms with Crippen molar-refractivity contribution in [2.75, 3.05) is 0 Å². The second-order valence-electron chi connectivity index (χ2n) is 21.4. The van der Waals surface area contributed by atoms with E-state index in [1.54, 1.807) is 0 Å². The zero-order chi connectivity index (χ0) is 53.6. The molecule has 0 fully saturated rings. The van der Waals surface area contributed by atoms with Gasteiger partial charge in [0.1, 0.15) is 5.82 Å². The van der Waals surface area contributed by atoms with E-state index in [0.29, 0.717) is 28.4 Å². The van der Waals surface area contributed by atoms with Crippen molar-refractivity contribution < 1.29 is 37.2 Å². The van der Waals surface area contributed by atoms with Crippen molar-refractivity contribution in [1.29, 1.82) is 0 Å². The van der Waals surface area contributed by atoms with Crippen molar-refractivity contribution in [2.45, 2.75) is 78.6 Å². The Bertz CT molecular complexity index is 4070. The molecule has 8 aromatic carbocycles. The van der Waals surface area contributed by atoms with Gasteiger partial charge in [-0.3, -0.25) is 4.57 Å². The van der Waals surface area contributed by atoms with Gasteiger partial charge in [-0.15, -0.1) is 29.7 Å². The molecular weight excluding hydrogens is 1060 g/mol. The van der Waals surface area contributed by atoms with E-state index in [0.717, 1.165) is 66.5 Å². The molecule has 0 unspecified atom stereocenters. The van der Waals surface area contributed by atoms with E-state index in [1.165, 1.54) is 11.1 Å². The standard InChI is InChI=1S/C66H58N4O.Pt/c1-64(2,3)48-31-28-44(29-32-48)46-30-35-59-61(39-46)68(43-69(59)63-54(45-18-11-10-12-19-45)25-17-26-55(63)47-20-15-21-49(38-47)65(4,5)6)51-22-16-23-52(41-51)71-53-33-34-57-56-24-13-14-27-58(56)70(60(57)42-53)62-40-50(36-37-67-62)66(7,8)9;/h10-40H,1-9H3;/q-2;/i10D,11D,12D,18D,19D;. The van der Waals surface area contributed by atoms with Gasteiger partial charge in [-0.05, 0) is 102 Å². The summed E-state index contributed by atoms with van der Waals surface area (Å²) in [5.74, 6) is 1.76. The average Bonchev–Trinajstić information content (AvgIpc) is 4.07. The maximum atomic E-state index is 9.25. The Kier molecular flexibility index (Phi) is 11.0. The van der Waals surface area contributed by atoms with Gasteiger partial charge in [-0.25, -0.2) is 4.98 Å². The van der Waals surface area contributed by atoms with Gasteiger partial charge in [0.05, 0.1) is 23.6 Å². The number of fused-ring (bicyclic) bond motifs is 4. The first-order chi connectivity index (χ1) is 36.2. The molecule has 0 radical (unpaired) electrons. The van der Waals surface area contributed by atoms with Gasteiger partial charge in [0, 0.05) is 44.3 Å². The van der Waals surface area contributed by atoms with Gasteiger partial charge in [0.15, 0.2) is 0 Å². The van der Waals surface area contributed by atoms with Gasteiger partial charge in [-0.1, -0.05) is 195 Å². The third-order valence-corrected chi connectivity index (χ3v) is 13.4. The summed E-state index contributed by atoms with van der Waals surface area (Å²) < 4.78 is 57.3. The molecule has 0 aliphatic rings. The second kappa shape index (κ2) is 18.7.